The summed E-state index contributed by atoms with van der Waals surface area (Å²) in [5, 5.41) is 18.2. The van der Waals surface area contributed by atoms with E-state index in [9.17, 15) is 14.7 Å². The van der Waals surface area contributed by atoms with Gasteiger partial charge < -0.3 is 19.8 Å². The summed E-state index contributed by atoms with van der Waals surface area (Å²) >= 11 is 0. The number of carboxylic acids is 1. The van der Waals surface area contributed by atoms with Gasteiger partial charge in [-0.2, -0.15) is 0 Å². The first-order valence-corrected chi connectivity index (χ1v) is 5.09. The van der Waals surface area contributed by atoms with Gasteiger partial charge in [0, 0.05) is 6.54 Å². The Kier molecular flexibility index (Phi) is 3.42. The molecule has 0 bridgehead atoms. The molecule has 1 heterocycles. The highest BCUT2D eigenvalue weighted by molar-refractivity contribution is 5.75. The molecule has 2 N–H and O–H groups in total. The summed E-state index contributed by atoms with van der Waals surface area (Å²) in [7, 11) is 0. The van der Waals surface area contributed by atoms with E-state index in [1.807, 2.05) is 0 Å². The Morgan fingerprint density at radius 3 is 2.25 bits per heavy atom. The molecule has 1 fully saturated rings. The minimum Gasteiger partial charge on any atom is -0.481 e. The van der Waals surface area contributed by atoms with E-state index in [2.05, 4.69) is 0 Å². The van der Waals surface area contributed by atoms with Crippen LogP contribution in [0.3, 0.4) is 0 Å². The highest BCUT2D eigenvalue weighted by Crippen LogP contribution is 2.20. The third kappa shape index (κ3) is 3.10. The number of aliphatic hydroxyl groups is 1. The minimum atomic E-state index is -1.10. The lowest BCUT2D eigenvalue weighted by molar-refractivity contribution is -0.143. The monoisotopic (exact) mass is 231 g/mol. The number of carbonyl (C=O) groups is 2. The van der Waals surface area contributed by atoms with Crippen molar-refractivity contribution in [2.75, 3.05) is 13.1 Å². The molecule has 1 rings (SSSR count). The molecule has 92 valence electrons. The second-order valence-corrected chi connectivity index (χ2v) is 4.90. The summed E-state index contributed by atoms with van der Waals surface area (Å²) in [5.41, 5.74) is -0.622. The van der Waals surface area contributed by atoms with Crippen molar-refractivity contribution in [3.63, 3.8) is 0 Å². The Morgan fingerprint density at radius 1 is 1.31 bits per heavy atom. The van der Waals surface area contributed by atoms with Crippen LogP contribution in [0.1, 0.15) is 20.8 Å². The molecule has 6 nitrogen and oxygen atoms in total. The molecule has 0 spiro atoms. The molecule has 2 atom stereocenters. The number of rotatable bonds is 1. The zero-order valence-electron chi connectivity index (χ0n) is 9.64. The molecule has 0 saturated carbocycles. The second-order valence-electron chi connectivity index (χ2n) is 4.90. The summed E-state index contributed by atoms with van der Waals surface area (Å²) in [6.45, 7) is 5.18. The third-order valence-corrected chi connectivity index (χ3v) is 2.26. The Labute approximate surface area is 93.8 Å². The largest absolute Gasteiger partial charge is 0.481 e. The maximum Gasteiger partial charge on any atom is 0.410 e. The van der Waals surface area contributed by atoms with Gasteiger partial charge in [0.2, 0.25) is 0 Å². The number of aliphatic carboxylic acids is 1. The standard InChI is InChI=1S/C10H17NO5/c1-10(2,3)16-9(15)11-4-6(8(13)14)7(12)5-11/h6-7,12H,4-5H2,1-3H3,(H,13,14)/t6-,7+/m0/s1. The van der Waals surface area contributed by atoms with Crippen LogP contribution in [0.15, 0.2) is 0 Å². The topological polar surface area (TPSA) is 87.1 Å². The average Bonchev–Trinajstić information content (AvgIpc) is 2.44. The number of likely N-dealkylation sites (tertiary alicyclic amines) is 1. The van der Waals surface area contributed by atoms with E-state index < -0.39 is 29.7 Å². The van der Waals surface area contributed by atoms with Gasteiger partial charge in [0.05, 0.1) is 12.6 Å². The number of hydrogen-bond acceptors (Lipinski definition) is 4. The highest BCUT2D eigenvalue weighted by atomic mass is 16.6. The van der Waals surface area contributed by atoms with Crippen LogP contribution in [-0.2, 0) is 9.53 Å². The Bertz CT molecular complexity index is 296. The molecule has 16 heavy (non-hydrogen) atoms. The lowest BCUT2D eigenvalue weighted by Crippen LogP contribution is -2.36. The van der Waals surface area contributed by atoms with Crippen molar-refractivity contribution in [3.8, 4) is 0 Å². The van der Waals surface area contributed by atoms with Crippen LogP contribution in [0.25, 0.3) is 0 Å². The van der Waals surface area contributed by atoms with Gasteiger partial charge in [-0.1, -0.05) is 0 Å². The fraction of sp³-hybridized carbons (Fsp3) is 0.800. The van der Waals surface area contributed by atoms with Gasteiger partial charge in [0.1, 0.15) is 11.5 Å². The Hall–Kier alpha value is -1.30. The number of amides is 1. The molecule has 1 amide bonds. The smallest absolute Gasteiger partial charge is 0.410 e. The minimum absolute atomic E-state index is 0.00583. The SMILES string of the molecule is CC(C)(C)OC(=O)N1C[C@@H](O)[C@@H](C(=O)O)C1. The van der Waals surface area contributed by atoms with Crippen LogP contribution in [0, 0.1) is 5.92 Å². The molecule has 0 radical (unpaired) electrons. The van der Waals surface area contributed by atoms with Crippen LogP contribution in [0.5, 0.6) is 0 Å². The van der Waals surface area contributed by atoms with E-state index in [0.717, 1.165) is 0 Å². The molecule has 6 heteroatoms. The third-order valence-electron chi connectivity index (χ3n) is 2.26. The van der Waals surface area contributed by atoms with Crippen LogP contribution < -0.4 is 0 Å². The molecule has 0 aliphatic carbocycles. The van der Waals surface area contributed by atoms with Crippen LogP contribution >= 0.6 is 0 Å². The predicted molar refractivity (Wildman–Crippen MR) is 54.9 cm³/mol. The molecular formula is C10H17NO5. The van der Waals surface area contributed by atoms with Crippen molar-refractivity contribution in [3.05, 3.63) is 0 Å². The van der Waals surface area contributed by atoms with Gasteiger partial charge >= 0.3 is 12.1 Å². The maximum absolute atomic E-state index is 11.6. The van der Waals surface area contributed by atoms with E-state index in [1.165, 1.54) is 4.90 Å². The molecular weight excluding hydrogens is 214 g/mol. The molecule has 1 saturated heterocycles. The van der Waals surface area contributed by atoms with Crippen molar-refractivity contribution in [1.82, 2.24) is 4.90 Å². The van der Waals surface area contributed by atoms with Crippen molar-refractivity contribution in [1.29, 1.82) is 0 Å². The van der Waals surface area contributed by atoms with E-state index in [0.29, 0.717) is 0 Å². The first-order chi connectivity index (χ1) is 7.20. The number of hydrogen-bond donors (Lipinski definition) is 2. The maximum atomic E-state index is 11.6. The lowest BCUT2D eigenvalue weighted by Gasteiger charge is -2.24. The zero-order valence-corrected chi connectivity index (χ0v) is 9.64. The number of β-amino-alcohol motifs (C(OH)–C–C–N with tert-alkyl or cyclic N) is 1. The summed E-state index contributed by atoms with van der Waals surface area (Å²) in [6, 6.07) is 0. The van der Waals surface area contributed by atoms with Crippen molar-refractivity contribution >= 4 is 12.1 Å². The molecule has 0 unspecified atom stereocenters. The Balaban J connectivity index is 2.58. The normalized spacial score (nSPS) is 25.6. The molecule has 0 aromatic heterocycles. The van der Waals surface area contributed by atoms with Crippen LogP contribution in [-0.4, -0.2) is 52.0 Å². The fourth-order valence-electron chi connectivity index (χ4n) is 1.50. The quantitative estimate of drug-likeness (QED) is 0.677. The lowest BCUT2D eigenvalue weighted by atomic mass is 10.1. The zero-order chi connectivity index (χ0) is 12.5. The number of aliphatic hydroxyl groups excluding tert-OH is 1. The van der Waals surface area contributed by atoms with Gasteiger partial charge in [-0.15, -0.1) is 0 Å². The van der Waals surface area contributed by atoms with E-state index in [4.69, 9.17) is 9.84 Å². The van der Waals surface area contributed by atoms with E-state index >= 15 is 0 Å². The summed E-state index contributed by atoms with van der Waals surface area (Å²) in [5.74, 6) is -2.02. The molecule has 0 aromatic carbocycles. The predicted octanol–water partition coefficient (Wildman–Crippen LogP) is 0.299. The number of carboxylic acid groups (broad SMARTS) is 1. The van der Waals surface area contributed by atoms with Crippen LogP contribution in [0.4, 0.5) is 4.79 Å². The van der Waals surface area contributed by atoms with Crippen molar-refractivity contribution in [2.24, 2.45) is 5.92 Å². The van der Waals surface area contributed by atoms with Gasteiger partial charge in [-0.05, 0) is 20.8 Å². The fourth-order valence-corrected chi connectivity index (χ4v) is 1.50. The molecule has 1 aliphatic heterocycles. The van der Waals surface area contributed by atoms with Gasteiger partial charge in [0.25, 0.3) is 0 Å². The average molecular weight is 231 g/mol. The molecule has 1 aliphatic rings. The first-order valence-electron chi connectivity index (χ1n) is 5.09. The van der Waals surface area contributed by atoms with Gasteiger partial charge in [-0.25, -0.2) is 4.79 Å². The summed E-state index contributed by atoms with van der Waals surface area (Å²) < 4.78 is 5.08. The number of ether oxygens (including phenoxy) is 1. The number of carbonyl (C=O) groups excluding carboxylic acids is 1. The highest BCUT2D eigenvalue weighted by Gasteiger charge is 2.40. The van der Waals surface area contributed by atoms with E-state index in [1.54, 1.807) is 20.8 Å². The summed E-state index contributed by atoms with van der Waals surface area (Å²) in [4.78, 5) is 23.5. The Morgan fingerprint density at radius 2 is 1.88 bits per heavy atom. The second kappa shape index (κ2) is 4.29. The van der Waals surface area contributed by atoms with E-state index in [-0.39, 0.29) is 13.1 Å². The first kappa shape index (κ1) is 12.8. The van der Waals surface area contributed by atoms with Crippen LogP contribution in [0.2, 0.25) is 0 Å². The van der Waals surface area contributed by atoms with Gasteiger partial charge in [-0.3, -0.25) is 4.79 Å². The van der Waals surface area contributed by atoms with Crippen molar-refractivity contribution < 1.29 is 24.5 Å². The van der Waals surface area contributed by atoms with Crippen molar-refractivity contribution in [2.45, 2.75) is 32.5 Å². The number of nitrogens with zero attached hydrogens (tertiary/aromatic N) is 1. The molecule has 0 aromatic rings. The summed E-state index contributed by atoms with van der Waals surface area (Å²) in [6.07, 6.45) is -1.61. The van der Waals surface area contributed by atoms with Gasteiger partial charge in [0.15, 0.2) is 0 Å².